The molecule has 0 saturated carbocycles. The molecular formula is C11H19N3O4. The Kier molecular flexibility index (Phi) is 4.94. The Balaban J connectivity index is 2.31. The molecule has 0 bridgehead atoms. The second-order valence-corrected chi connectivity index (χ2v) is 4.56. The lowest BCUT2D eigenvalue weighted by Gasteiger charge is -2.18. The molecule has 1 aliphatic heterocycles. The monoisotopic (exact) mass is 257 g/mol. The number of rotatable bonds is 4. The molecule has 0 aliphatic carbocycles. The van der Waals surface area contributed by atoms with E-state index in [2.05, 4.69) is 10.6 Å². The lowest BCUT2D eigenvalue weighted by molar-refractivity contribution is -0.140. The molecule has 3 N–H and O–H groups in total. The van der Waals surface area contributed by atoms with Gasteiger partial charge in [-0.1, -0.05) is 6.92 Å². The van der Waals surface area contributed by atoms with Crippen LogP contribution in [-0.2, 0) is 9.59 Å². The first-order chi connectivity index (χ1) is 8.40. The van der Waals surface area contributed by atoms with E-state index >= 15 is 0 Å². The zero-order chi connectivity index (χ0) is 13.7. The molecule has 7 heteroatoms. The SMILES string of the molecule is CC(=O)NC1CCN(C(=O)NCC(C)C(=O)O)C1. The maximum absolute atomic E-state index is 11.7. The van der Waals surface area contributed by atoms with E-state index in [0.29, 0.717) is 13.1 Å². The normalized spacial score (nSPS) is 20.3. The van der Waals surface area contributed by atoms with Crippen molar-refractivity contribution in [3.05, 3.63) is 0 Å². The summed E-state index contributed by atoms with van der Waals surface area (Å²) in [5.41, 5.74) is 0. The molecule has 0 radical (unpaired) electrons. The van der Waals surface area contributed by atoms with Crippen molar-refractivity contribution >= 4 is 17.9 Å². The first-order valence-electron chi connectivity index (χ1n) is 5.93. The zero-order valence-corrected chi connectivity index (χ0v) is 10.6. The fraction of sp³-hybridized carbons (Fsp3) is 0.727. The number of carboxylic acid groups (broad SMARTS) is 1. The van der Waals surface area contributed by atoms with Gasteiger partial charge in [0.2, 0.25) is 5.91 Å². The van der Waals surface area contributed by atoms with Crippen LogP contribution in [0.2, 0.25) is 0 Å². The number of aliphatic carboxylic acids is 1. The summed E-state index contributed by atoms with van der Waals surface area (Å²) < 4.78 is 0. The van der Waals surface area contributed by atoms with Gasteiger partial charge in [0.25, 0.3) is 0 Å². The zero-order valence-electron chi connectivity index (χ0n) is 10.6. The van der Waals surface area contributed by atoms with Gasteiger partial charge in [0.05, 0.1) is 5.92 Å². The maximum Gasteiger partial charge on any atom is 0.317 e. The van der Waals surface area contributed by atoms with Gasteiger partial charge in [0.1, 0.15) is 0 Å². The molecule has 102 valence electrons. The van der Waals surface area contributed by atoms with E-state index in [-0.39, 0.29) is 24.5 Å². The summed E-state index contributed by atoms with van der Waals surface area (Å²) in [7, 11) is 0. The van der Waals surface area contributed by atoms with Crippen LogP contribution < -0.4 is 10.6 Å². The Morgan fingerprint density at radius 3 is 2.67 bits per heavy atom. The lowest BCUT2D eigenvalue weighted by Crippen LogP contribution is -2.43. The Morgan fingerprint density at radius 1 is 1.44 bits per heavy atom. The van der Waals surface area contributed by atoms with Gasteiger partial charge >= 0.3 is 12.0 Å². The third-order valence-corrected chi connectivity index (χ3v) is 2.86. The highest BCUT2D eigenvalue weighted by atomic mass is 16.4. The average molecular weight is 257 g/mol. The largest absolute Gasteiger partial charge is 0.481 e. The summed E-state index contributed by atoms with van der Waals surface area (Å²) in [5, 5.41) is 14.0. The Bertz CT molecular complexity index is 345. The lowest BCUT2D eigenvalue weighted by atomic mass is 10.2. The molecular weight excluding hydrogens is 238 g/mol. The van der Waals surface area contributed by atoms with Gasteiger partial charge in [-0.25, -0.2) is 4.79 Å². The molecule has 2 unspecified atom stereocenters. The number of likely N-dealkylation sites (tertiary alicyclic amines) is 1. The first-order valence-corrected chi connectivity index (χ1v) is 5.93. The maximum atomic E-state index is 11.7. The molecule has 0 aromatic heterocycles. The van der Waals surface area contributed by atoms with Gasteiger partial charge in [-0.2, -0.15) is 0 Å². The predicted molar refractivity (Wildman–Crippen MR) is 64.0 cm³/mol. The molecule has 0 aromatic carbocycles. The van der Waals surface area contributed by atoms with Crippen LogP contribution >= 0.6 is 0 Å². The van der Waals surface area contributed by atoms with E-state index in [9.17, 15) is 14.4 Å². The Morgan fingerprint density at radius 2 is 2.11 bits per heavy atom. The molecule has 1 aliphatic rings. The van der Waals surface area contributed by atoms with Crippen LogP contribution in [-0.4, -0.2) is 53.6 Å². The summed E-state index contributed by atoms with van der Waals surface area (Å²) in [4.78, 5) is 34.8. The van der Waals surface area contributed by atoms with Crippen molar-refractivity contribution in [1.29, 1.82) is 0 Å². The number of carbonyl (C=O) groups excluding carboxylic acids is 2. The van der Waals surface area contributed by atoms with Crippen molar-refractivity contribution in [1.82, 2.24) is 15.5 Å². The van der Waals surface area contributed by atoms with E-state index in [1.807, 2.05) is 0 Å². The number of carboxylic acids is 1. The van der Waals surface area contributed by atoms with Crippen LogP contribution in [0, 0.1) is 5.92 Å². The van der Waals surface area contributed by atoms with E-state index < -0.39 is 11.9 Å². The molecule has 3 amide bonds. The third-order valence-electron chi connectivity index (χ3n) is 2.86. The average Bonchev–Trinajstić information content (AvgIpc) is 2.72. The van der Waals surface area contributed by atoms with E-state index in [4.69, 9.17) is 5.11 Å². The van der Waals surface area contributed by atoms with E-state index in [0.717, 1.165) is 6.42 Å². The van der Waals surface area contributed by atoms with Crippen molar-refractivity contribution < 1.29 is 19.5 Å². The molecule has 7 nitrogen and oxygen atoms in total. The highest BCUT2D eigenvalue weighted by Gasteiger charge is 2.26. The predicted octanol–water partition coefficient (Wildman–Crippen LogP) is -0.373. The smallest absolute Gasteiger partial charge is 0.317 e. The summed E-state index contributed by atoms with van der Waals surface area (Å²) in [6.07, 6.45) is 0.724. The third kappa shape index (κ3) is 4.23. The van der Waals surface area contributed by atoms with Crippen molar-refractivity contribution in [3.63, 3.8) is 0 Å². The van der Waals surface area contributed by atoms with Crippen LogP contribution in [0.5, 0.6) is 0 Å². The number of urea groups is 1. The van der Waals surface area contributed by atoms with Crippen LogP contribution in [0.1, 0.15) is 20.3 Å². The Hall–Kier alpha value is -1.79. The van der Waals surface area contributed by atoms with Crippen molar-refractivity contribution in [2.75, 3.05) is 19.6 Å². The number of nitrogens with one attached hydrogen (secondary N) is 2. The molecule has 1 fully saturated rings. The van der Waals surface area contributed by atoms with E-state index in [1.165, 1.54) is 13.8 Å². The summed E-state index contributed by atoms with van der Waals surface area (Å²) in [6.45, 7) is 4.12. The fourth-order valence-electron chi connectivity index (χ4n) is 1.79. The minimum atomic E-state index is -0.937. The first kappa shape index (κ1) is 14.3. The summed E-state index contributed by atoms with van der Waals surface area (Å²) in [5.74, 6) is -1.66. The number of hydrogen-bond donors (Lipinski definition) is 3. The quantitative estimate of drug-likeness (QED) is 0.639. The number of hydrogen-bond acceptors (Lipinski definition) is 3. The highest BCUT2D eigenvalue weighted by Crippen LogP contribution is 2.09. The molecule has 0 spiro atoms. The summed E-state index contributed by atoms with van der Waals surface area (Å²) in [6, 6.07) is -0.291. The van der Waals surface area contributed by atoms with Gasteiger partial charge in [0.15, 0.2) is 0 Å². The number of carbonyl (C=O) groups is 3. The second-order valence-electron chi connectivity index (χ2n) is 4.56. The molecule has 1 heterocycles. The van der Waals surface area contributed by atoms with Gasteiger partial charge in [0, 0.05) is 32.6 Å². The van der Waals surface area contributed by atoms with Crippen molar-refractivity contribution in [2.24, 2.45) is 5.92 Å². The van der Waals surface area contributed by atoms with Gasteiger partial charge in [-0.05, 0) is 6.42 Å². The molecule has 1 rings (SSSR count). The van der Waals surface area contributed by atoms with Gasteiger partial charge < -0.3 is 20.6 Å². The molecule has 2 atom stereocenters. The standard InChI is InChI=1S/C11H19N3O4/c1-7(10(16)17)5-12-11(18)14-4-3-9(6-14)13-8(2)15/h7,9H,3-6H2,1-2H3,(H,12,18)(H,13,15)(H,16,17). The topological polar surface area (TPSA) is 98.7 Å². The second kappa shape index (κ2) is 6.23. The molecule has 0 aromatic rings. The van der Waals surface area contributed by atoms with Crippen LogP contribution in [0.15, 0.2) is 0 Å². The van der Waals surface area contributed by atoms with Crippen LogP contribution in [0.25, 0.3) is 0 Å². The van der Waals surface area contributed by atoms with Crippen molar-refractivity contribution in [3.8, 4) is 0 Å². The van der Waals surface area contributed by atoms with Crippen LogP contribution in [0.4, 0.5) is 4.79 Å². The minimum Gasteiger partial charge on any atom is -0.481 e. The van der Waals surface area contributed by atoms with Crippen LogP contribution in [0.3, 0.4) is 0 Å². The number of amides is 3. The highest BCUT2D eigenvalue weighted by molar-refractivity contribution is 5.77. The number of nitrogens with zero attached hydrogens (tertiary/aromatic N) is 1. The fourth-order valence-corrected chi connectivity index (χ4v) is 1.79. The summed E-state index contributed by atoms with van der Waals surface area (Å²) >= 11 is 0. The van der Waals surface area contributed by atoms with Crippen molar-refractivity contribution in [2.45, 2.75) is 26.3 Å². The van der Waals surface area contributed by atoms with E-state index in [1.54, 1.807) is 4.90 Å². The van der Waals surface area contributed by atoms with Gasteiger partial charge in [-0.15, -0.1) is 0 Å². The van der Waals surface area contributed by atoms with Gasteiger partial charge in [-0.3, -0.25) is 9.59 Å². The Labute approximate surface area is 106 Å². The minimum absolute atomic E-state index is 0.00912. The molecule has 18 heavy (non-hydrogen) atoms. The molecule has 1 saturated heterocycles.